The van der Waals surface area contributed by atoms with E-state index >= 15 is 0 Å². The smallest absolute Gasteiger partial charge is 0.351 e. The molecule has 1 amide bonds. The second-order valence-corrected chi connectivity index (χ2v) is 5.43. The normalized spacial score (nSPS) is 22.4. The predicted octanol–water partition coefficient (Wildman–Crippen LogP) is -1.29. The van der Waals surface area contributed by atoms with E-state index < -0.39 is 42.0 Å². The fraction of sp³-hybridized carbons (Fsp3) is 0.500. The zero-order valence-electron chi connectivity index (χ0n) is 13.6. The number of aromatic nitrogens is 2. The molecular formula is C14H18N4O7. The summed E-state index contributed by atoms with van der Waals surface area (Å²) in [6.45, 7) is 2.36. The lowest BCUT2D eigenvalue weighted by atomic mass is 10.2. The van der Waals surface area contributed by atoms with Gasteiger partial charge in [-0.05, 0) is 0 Å². The van der Waals surface area contributed by atoms with Crippen LogP contribution in [-0.2, 0) is 23.8 Å². The van der Waals surface area contributed by atoms with Crippen LogP contribution in [0.3, 0.4) is 0 Å². The summed E-state index contributed by atoms with van der Waals surface area (Å²) in [5.74, 6) is -2.28. The molecule has 1 aromatic rings. The average molecular weight is 354 g/mol. The lowest BCUT2D eigenvalue weighted by Crippen LogP contribution is -2.35. The van der Waals surface area contributed by atoms with Gasteiger partial charge < -0.3 is 25.7 Å². The van der Waals surface area contributed by atoms with Gasteiger partial charge in [0, 0.05) is 26.5 Å². The molecule has 0 unspecified atom stereocenters. The number of nitrogens with zero attached hydrogens (tertiary/aromatic N) is 2. The first-order valence-electron chi connectivity index (χ1n) is 7.33. The van der Waals surface area contributed by atoms with E-state index in [-0.39, 0.29) is 24.4 Å². The number of rotatable bonds is 5. The van der Waals surface area contributed by atoms with Gasteiger partial charge in [0.25, 0.3) is 5.91 Å². The molecule has 1 aromatic heterocycles. The molecule has 0 bridgehead atoms. The number of nitrogen functional groups attached to an aromatic ring is 1. The molecule has 4 N–H and O–H groups in total. The Kier molecular flexibility index (Phi) is 5.37. The first kappa shape index (κ1) is 18.4. The Bertz CT molecular complexity index is 760. The number of hydrogen-bond donors (Lipinski definition) is 2. The van der Waals surface area contributed by atoms with E-state index in [4.69, 9.17) is 25.7 Å². The molecule has 3 atom stereocenters. The molecule has 0 saturated carbocycles. The minimum Gasteiger partial charge on any atom is -0.463 e. The number of carbonyl (C=O) groups excluding carboxylic acids is 3. The molecule has 1 aliphatic heterocycles. The van der Waals surface area contributed by atoms with Crippen LogP contribution in [0.1, 0.15) is 36.9 Å². The zero-order chi connectivity index (χ0) is 18.7. The number of nitrogens with two attached hydrogens (primary N) is 2. The molecule has 0 radical (unpaired) electrons. The predicted molar refractivity (Wildman–Crippen MR) is 82.1 cm³/mol. The van der Waals surface area contributed by atoms with Crippen molar-refractivity contribution in [2.45, 2.75) is 38.7 Å². The van der Waals surface area contributed by atoms with Gasteiger partial charge in [-0.3, -0.25) is 19.0 Å². The van der Waals surface area contributed by atoms with Crippen molar-refractivity contribution in [3.05, 3.63) is 22.2 Å². The van der Waals surface area contributed by atoms with Crippen LogP contribution in [0, 0.1) is 0 Å². The second kappa shape index (κ2) is 7.30. The summed E-state index contributed by atoms with van der Waals surface area (Å²) in [7, 11) is 0. The van der Waals surface area contributed by atoms with Crippen LogP contribution < -0.4 is 17.2 Å². The van der Waals surface area contributed by atoms with Gasteiger partial charge in [-0.15, -0.1) is 0 Å². The lowest BCUT2D eigenvalue weighted by molar-refractivity contribution is -0.153. The summed E-state index contributed by atoms with van der Waals surface area (Å²) in [4.78, 5) is 49.3. The van der Waals surface area contributed by atoms with Crippen molar-refractivity contribution in [3.63, 3.8) is 0 Å². The van der Waals surface area contributed by atoms with Gasteiger partial charge in [-0.2, -0.15) is 4.98 Å². The summed E-state index contributed by atoms with van der Waals surface area (Å²) in [5.41, 5.74) is 9.72. The number of ether oxygens (including phenoxy) is 3. The molecule has 1 fully saturated rings. The molecule has 25 heavy (non-hydrogen) atoms. The Morgan fingerprint density at radius 3 is 2.60 bits per heavy atom. The van der Waals surface area contributed by atoms with Gasteiger partial charge in [-0.1, -0.05) is 0 Å². The molecule has 0 aromatic carbocycles. The first-order valence-corrected chi connectivity index (χ1v) is 7.33. The van der Waals surface area contributed by atoms with Crippen LogP contribution in [0.2, 0.25) is 0 Å². The highest BCUT2D eigenvalue weighted by Gasteiger charge is 2.40. The second-order valence-electron chi connectivity index (χ2n) is 5.43. The van der Waals surface area contributed by atoms with E-state index in [1.54, 1.807) is 0 Å². The number of esters is 2. The van der Waals surface area contributed by atoms with E-state index in [9.17, 15) is 19.2 Å². The Balaban J connectivity index is 2.34. The SMILES string of the molecule is CC(=O)OC[C@@H]1C[C@@H](OC(C)=O)[C@H](n2cc(C(N)=O)c(N)nc2=O)O1. The zero-order valence-corrected chi connectivity index (χ0v) is 13.6. The lowest BCUT2D eigenvalue weighted by Gasteiger charge is -2.21. The van der Waals surface area contributed by atoms with Crippen molar-refractivity contribution in [1.82, 2.24) is 9.55 Å². The standard InChI is InChI=1S/C14H18N4O7/c1-6(19)23-5-8-3-10(24-7(2)20)13(25-8)18-4-9(12(16)21)11(15)17-14(18)22/h4,8,10,13H,3,5H2,1-2H3,(H2,16,21)(H2,15,17,22)/t8-,10+,13+/m0/s1. The van der Waals surface area contributed by atoms with Crippen LogP contribution in [0.25, 0.3) is 0 Å². The highest BCUT2D eigenvalue weighted by molar-refractivity contribution is 5.96. The van der Waals surface area contributed by atoms with E-state index in [2.05, 4.69) is 4.98 Å². The van der Waals surface area contributed by atoms with Gasteiger partial charge in [0.05, 0.1) is 11.7 Å². The fourth-order valence-corrected chi connectivity index (χ4v) is 2.45. The monoisotopic (exact) mass is 354 g/mol. The minimum absolute atomic E-state index is 0.0799. The van der Waals surface area contributed by atoms with Crippen molar-refractivity contribution >= 4 is 23.7 Å². The van der Waals surface area contributed by atoms with E-state index in [1.807, 2.05) is 0 Å². The summed E-state index contributed by atoms with van der Waals surface area (Å²) >= 11 is 0. The topological polar surface area (TPSA) is 166 Å². The highest BCUT2D eigenvalue weighted by Crippen LogP contribution is 2.31. The van der Waals surface area contributed by atoms with Crippen molar-refractivity contribution in [1.29, 1.82) is 0 Å². The van der Waals surface area contributed by atoms with Crippen LogP contribution in [0.15, 0.2) is 11.0 Å². The van der Waals surface area contributed by atoms with Crippen LogP contribution >= 0.6 is 0 Å². The van der Waals surface area contributed by atoms with E-state index in [0.717, 1.165) is 10.8 Å². The largest absolute Gasteiger partial charge is 0.463 e. The van der Waals surface area contributed by atoms with Crippen molar-refractivity contribution in [2.24, 2.45) is 5.73 Å². The first-order chi connectivity index (χ1) is 11.7. The van der Waals surface area contributed by atoms with E-state index in [0.29, 0.717) is 0 Å². The van der Waals surface area contributed by atoms with Gasteiger partial charge in [0.2, 0.25) is 0 Å². The molecular weight excluding hydrogens is 336 g/mol. The number of carbonyl (C=O) groups is 3. The molecule has 0 spiro atoms. The Morgan fingerprint density at radius 2 is 2.04 bits per heavy atom. The van der Waals surface area contributed by atoms with Crippen molar-refractivity contribution < 1.29 is 28.6 Å². The van der Waals surface area contributed by atoms with E-state index in [1.165, 1.54) is 13.8 Å². The maximum absolute atomic E-state index is 12.1. The van der Waals surface area contributed by atoms with Crippen molar-refractivity contribution in [3.8, 4) is 0 Å². The molecule has 2 heterocycles. The number of anilines is 1. The molecule has 1 aliphatic rings. The quantitative estimate of drug-likeness (QED) is 0.611. The molecule has 1 saturated heterocycles. The fourth-order valence-electron chi connectivity index (χ4n) is 2.45. The molecule has 136 valence electrons. The number of primary amides is 1. The Morgan fingerprint density at radius 1 is 1.36 bits per heavy atom. The Labute approximate surface area is 141 Å². The number of hydrogen-bond acceptors (Lipinski definition) is 9. The van der Waals surface area contributed by atoms with Crippen LogP contribution in [-0.4, -0.2) is 46.2 Å². The third-order valence-corrected chi connectivity index (χ3v) is 3.46. The van der Waals surface area contributed by atoms with Gasteiger partial charge in [0.1, 0.15) is 18.5 Å². The van der Waals surface area contributed by atoms with Gasteiger partial charge >= 0.3 is 17.6 Å². The van der Waals surface area contributed by atoms with Crippen LogP contribution in [0.5, 0.6) is 0 Å². The Hall–Kier alpha value is -2.95. The van der Waals surface area contributed by atoms with Crippen molar-refractivity contribution in [2.75, 3.05) is 12.3 Å². The maximum Gasteiger partial charge on any atom is 0.351 e. The summed E-state index contributed by atoms with van der Waals surface area (Å²) < 4.78 is 16.6. The molecule has 0 aliphatic carbocycles. The summed E-state index contributed by atoms with van der Waals surface area (Å²) in [5, 5.41) is 0. The maximum atomic E-state index is 12.1. The van der Waals surface area contributed by atoms with Gasteiger partial charge in [-0.25, -0.2) is 4.79 Å². The number of amides is 1. The molecule has 2 rings (SSSR count). The highest BCUT2D eigenvalue weighted by atomic mass is 16.6. The van der Waals surface area contributed by atoms with Gasteiger partial charge in [0.15, 0.2) is 6.23 Å². The molecule has 11 nitrogen and oxygen atoms in total. The van der Waals surface area contributed by atoms with Crippen LogP contribution in [0.4, 0.5) is 5.82 Å². The third-order valence-electron chi connectivity index (χ3n) is 3.46. The average Bonchev–Trinajstić information content (AvgIpc) is 2.86. The minimum atomic E-state index is -1.07. The third kappa shape index (κ3) is 4.32. The molecule has 11 heteroatoms. The summed E-state index contributed by atoms with van der Waals surface area (Å²) in [6.07, 6.45) is -1.24. The summed E-state index contributed by atoms with van der Waals surface area (Å²) in [6, 6.07) is 0.